The van der Waals surface area contributed by atoms with E-state index in [1.807, 2.05) is 14.1 Å². The molecule has 0 radical (unpaired) electrons. The number of hydrogen-bond donors (Lipinski definition) is 0. The van der Waals surface area contributed by atoms with Crippen molar-refractivity contribution < 1.29 is 9.47 Å². The minimum atomic E-state index is -0.0383. The van der Waals surface area contributed by atoms with Crippen LogP contribution in [0.15, 0.2) is 101 Å². The highest BCUT2D eigenvalue weighted by Crippen LogP contribution is 2.40. The summed E-state index contributed by atoms with van der Waals surface area (Å²) >= 11 is 0. The summed E-state index contributed by atoms with van der Waals surface area (Å²) in [6.45, 7) is 8.72. The quantitative estimate of drug-likeness (QED) is 0.177. The molecule has 0 saturated carbocycles. The summed E-state index contributed by atoms with van der Waals surface area (Å²) in [6.07, 6.45) is 0. The normalized spacial score (nSPS) is 15.3. The monoisotopic (exact) mass is 754 g/mol. The number of pyridine rings is 2. The molecular formula is C50H33B3N4O2. The van der Waals surface area contributed by atoms with E-state index in [1.165, 1.54) is 116 Å². The van der Waals surface area contributed by atoms with Gasteiger partial charge in [0.15, 0.2) is 0 Å². The van der Waals surface area contributed by atoms with Gasteiger partial charge in [-0.3, -0.25) is 9.98 Å². The summed E-state index contributed by atoms with van der Waals surface area (Å²) in [5.74, 6) is 3.73. The van der Waals surface area contributed by atoms with Crippen molar-refractivity contribution in [2.75, 3.05) is 14.1 Å². The molecule has 6 nitrogen and oxygen atoms in total. The van der Waals surface area contributed by atoms with E-state index in [-0.39, 0.29) is 20.1 Å². The van der Waals surface area contributed by atoms with Crippen molar-refractivity contribution in [1.82, 2.24) is 9.13 Å². The van der Waals surface area contributed by atoms with Crippen LogP contribution in [-0.4, -0.2) is 43.4 Å². The topological polar surface area (TPSA) is 53.0 Å². The fraction of sp³-hybridized carbons (Fsp3) is 0.120. The van der Waals surface area contributed by atoms with E-state index in [9.17, 15) is 0 Å². The van der Waals surface area contributed by atoms with Crippen LogP contribution in [0.5, 0.6) is 23.0 Å². The second kappa shape index (κ2) is 9.92. The van der Waals surface area contributed by atoms with Crippen LogP contribution >= 0.6 is 0 Å². The molecule has 0 spiro atoms. The first-order valence-corrected chi connectivity index (χ1v) is 20.8. The van der Waals surface area contributed by atoms with E-state index in [4.69, 9.17) is 19.5 Å². The SMILES string of the molecule is CN=c1c2cc(C)cc3c2n2c4c5c(ccc14)Oc1cc(C)ccc1B5c1cc4c5c(c1-2)B3c1cc(C)cc2c(=NC)c3ccc6c(c3n-5c12)B4c1ccc(C)cc1O6. The fourth-order valence-corrected chi connectivity index (χ4v) is 12.7. The lowest BCUT2D eigenvalue weighted by atomic mass is 9.26. The predicted octanol–water partition coefficient (Wildman–Crippen LogP) is 3.19. The number of hydrogen-bond acceptors (Lipinski definition) is 4. The van der Waals surface area contributed by atoms with E-state index in [2.05, 4.69) is 128 Å². The number of rotatable bonds is 0. The van der Waals surface area contributed by atoms with Crippen molar-refractivity contribution in [2.24, 2.45) is 9.98 Å². The van der Waals surface area contributed by atoms with Gasteiger partial charge in [-0.2, -0.15) is 0 Å². The Hall–Kier alpha value is -6.73. The molecule has 0 amide bonds. The molecule has 0 fully saturated rings. The average Bonchev–Trinajstić information content (AvgIpc) is 3.23. The standard InChI is InChI=1S/C50H33B3N4O2/c1-22-7-11-30-38(19-22)58-36-13-9-26-43(54-5)28-15-24(3)17-32-45(28)56-47(26)40(36)51(30)34-21-35-50-42(49(34)56)53(32)33-18-25(4)16-29-44(55-6)27-10-14-37-41(48(27)57(50)46(29)33)52(35)31-12-8-23(2)20-39(31)59-37/h7-21H,1-6H3. The van der Waals surface area contributed by atoms with Gasteiger partial charge in [0, 0.05) is 47.0 Å². The molecule has 0 unspecified atom stereocenters. The Balaban J connectivity index is 1.26. The first-order chi connectivity index (χ1) is 28.8. The molecule has 0 atom stereocenters. The zero-order chi connectivity index (χ0) is 39.1. The highest BCUT2D eigenvalue weighted by atomic mass is 16.5. The van der Waals surface area contributed by atoms with Crippen LogP contribution in [0.2, 0.25) is 0 Å². The lowest BCUT2D eigenvalue weighted by Crippen LogP contribution is -2.71. The Morgan fingerprint density at radius 1 is 0.390 bits per heavy atom. The molecule has 0 bridgehead atoms. The van der Waals surface area contributed by atoms with Crippen molar-refractivity contribution in [1.29, 1.82) is 0 Å². The number of nitrogens with zero attached hydrogens (tertiary/aromatic N) is 4. The maximum absolute atomic E-state index is 6.94. The molecular weight excluding hydrogens is 721 g/mol. The largest absolute Gasteiger partial charge is 0.458 e. The molecule has 7 aromatic carbocycles. The Morgan fingerprint density at radius 2 is 0.847 bits per heavy atom. The first-order valence-electron chi connectivity index (χ1n) is 20.8. The van der Waals surface area contributed by atoms with Crippen LogP contribution in [0, 0.1) is 27.7 Å². The number of aryl methyl sites for hydroxylation is 4. The molecule has 59 heavy (non-hydrogen) atoms. The van der Waals surface area contributed by atoms with Gasteiger partial charge in [-0.15, -0.1) is 0 Å². The van der Waals surface area contributed by atoms with Crippen molar-refractivity contribution in [2.45, 2.75) is 27.7 Å². The highest BCUT2D eigenvalue weighted by molar-refractivity contribution is 7.06. The molecule has 0 aliphatic carbocycles. The van der Waals surface area contributed by atoms with Crippen LogP contribution in [-0.2, 0) is 0 Å². The molecule has 6 aliphatic rings. The number of aromatic nitrogens is 2. The number of benzene rings is 7. The molecule has 6 aliphatic heterocycles. The highest BCUT2D eigenvalue weighted by Gasteiger charge is 2.51. The number of fused-ring (bicyclic) bond motifs is 8. The summed E-state index contributed by atoms with van der Waals surface area (Å²) in [4.78, 5) is 10.2. The van der Waals surface area contributed by atoms with E-state index in [0.29, 0.717) is 0 Å². The smallest absolute Gasteiger partial charge is 0.256 e. The molecule has 9 heteroatoms. The van der Waals surface area contributed by atoms with Crippen molar-refractivity contribution in [3.63, 3.8) is 0 Å². The van der Waals surface area contributed by atoms with Gasteiger partial charge in [-0.1, -0.05) is 53.6 Å². The fourth-order valence-electron chi connectivity index (χ4n) is 12.7. The lowest BCUT2D eigenvalue weighted by Gasteiger charge is -2.45. The second-order valence-corrected chi connectivity index (χ2v) is 17.8. The molecule has 0 saturated heterocycles. The van der Waals surface area contributed by atoms with Gasteiger partial charge in [0.1, 0.15) is 23.0 Å². The van der Waals surface area contributed by atoms with Crippen LogP contribution in [0.1, 0.15) is 22.3 Å². The molecule has 2 aromatic heterocycles. The van der Waals surface area contributed by atoms with Gasteiger partial charge in [0.25, 0.3) is 20.1 Å². The minimum Gasteiger partial charge on any atom is -0.458 e. The average molecular weight is 754 g/mol. The Kier molecular flexibility index (Phi) is 5.26. The summed E-state index contributed by atoms with van der Waals surface area (Å²) in [6, 6.07) is 34.8. The maximum Gasteiger partial charge on any atom is 0.256 e. The zero-order valence-electron chi connectivity index (χ0n) is 33.5. The third-order valence-corrected chi connectivity index (χ3v) is 14.6. The van der Waals surface area contributed by atoms with E-state index >= 15 is 0 Å². The Morgan fingerprint density at radius 3 is 1.31 bits per heavy atom. The predicted molar refractivity (Wildman–Crippen MR) is 244 cm³/mol. The zero-order valence-corrected chi connectivity index (χ0v) is 33.5. The molecule has 9 aromatic rings. The van der Waals surface area contributed by atoms with Crippen molar-refractivity contribution in [3.05, 3.63) is 124 Å². The molecule has 0 N–H and O–H groups in total. The summed E-state index contributed by atoms with van der Waals surface area (Å²) < 4.78 is 19.2. The van der Waals surface area contributed by atoms with Crippen LogP contribution in [0.4, 0.5) is 0 Å². The second-order valence-electron chi connectivity index (χ2n) is 17.8. The molecule has 8 heterocycles. The third kappa shape index (κ3) is 3.33. The van der Waals surface area contributed by atoms with E-state index < -0.39 is 0 Å². The first kappa shape index (κ1) is 31.3. The maximum atomic E-state index is 6.94. The van der Waals surface area contributed by atoms with Gasteiger partial charge in [0.2, 0.25) is 0 Å². The van der Waals surface area contributed by atoms with Crippen molar-refractivity contribution in [3.8, 4) is 34.4 Å². The minimum absolute atomic E-state index is 0.0167. The molecule has 274 valence electrons. The Labute approximate surface area is 340 Å². The third-order valence-electron chi connectivity index (χ3n) is 14.6. The van der Waals surface area contributed by atoms with Gasteiger partial charge in [-0.05, 0) is 137 Å². The van der Waals surface area contributed by atoms with Gasteiger partial charge < -0.3 is 18.6 Å². The van der Waals surface area contributed by atoms with Crippen molar-refractivity contribution >= 4 is 113 Å². The van der Waals surface area contributed by atoms with Gasteiger partial charge >= 0.3 is 0 Å². The van der Waals surface area contributed by atoms with Gasteiger partial charge in [0.05, 0.1) is 32.8 Å². The van der Waals surface area contributed by atoms with Gasteiger partial charge in [-0.25, -0.2) is 0 Å². The van der Waals surface area contributed by atoms with Crippen LogP contribution in [0.3, 0.4) is 0 Å². The molecule has 15 rings (SSSR count). The van der Waals surface area contributed by atoms with E-state index in [0.717, 1.165) is 44.5 Å². The summed E-state index contributed by atoms with van der Waals surface area (Å²) in [5, 5.41) is 6.80. The van der Waals surface area contributed by atoms with Crippen LogP contribution < -0.4 is 69.4 Å². The van der Waals surface area contributed by atoms with E-state index in [1.54, 1.807) is 0 Å². The van der Waals surface area contributed by atoms with Crippen LogP contribution in [0.25, 0.3) is 55.0 Å². The summed E-state index contributed by atoms with van der Waals surface area (Å²) in [5.41, 5.74) is 24.0. The number of ether oxygens (including phenoxy) is 2. The summed E-state index contributed by atoms with van der Waals surface area (Å²) in [7, 11) is 3.91. The lowest BCUT2D eigenvalue weighted by molar-refractivity contribution is 0.487. The Bertz CT molecular complexity index is 3600.